The molecule has 32 heavy (non-hydrogen) atoms. The molecule has 1 heterocycles. The summed E-state index contributed by atoms with van der Waals surface area (Å²) in [6.45, 7) is 10.0. The van der Waals surface area contributed by atoms with E-state index in [1.54, 1.807) is 29.2 Å². The summed E-state index contributed by atoms with van der Waals surface area (Å²) >= 11 is 1.35. The number of anilines is 1. The molecule has 0 bridgehead atoms. The number of hydrogen-bond acceptors (Lipinski definition) is 5. The van der Waals surface area contributed by atoms with E-state index in [0.29, 0.717) is 36.0 Å². The Balaban J connectivity index is 1.62. The molecule has 0 saturated carbocycles. The van der Waals surface area contributed by atoms with Crippen LogP contribution in [0, 0.1) is 6.92 Å². The van der Waals surface area contributed by atoms with Gasteiger partial charge in [-0.2, -0.15) is 0 Å². The smallest absolute Gasteiger partial charge is 0.253 e. The van der Waals surface area contributed by atoms with Gasteiger partial charge in [-0.05, 0) is 57.5 Å². The highest BCUT2D eigenvalue weighted by atomic mass is 32.2. The average molecular weight is 452 g/mol. The second kappa shape index (κ2) is 10.9. The Morgan fingerprint density at radius 2 is 1.69 bits per heavy atom. The number of rotatable bonds is 9. The van der Waals surface area contributed by atoms with Crippen LogP contribution in [0.2, 0.25) is 0 Å². The van der Waals surface area contributed by atoms with E-state index in [4.69, 9.17) is 0 Å². The molecule has 2 amide bonds. The molecule has 0 aliphatic rings. The van der Waals surface area contributed by atoms with Gasteiger partial charge in [0.25, 0.3) is 5.91 Å². The predicted molar refractivity (Wildman–Crippen MR) is 129 cm³/mol. The standard InChI is InChI=1S/C24H29N5O2S/c1-5-28(6-2)23(31)18-12-14-19(15-13-18)25-21(30)16-32-24-27-26-22(29(24)7-3)20-11-9-8-10-17(20)4/h8-15H,5-7,16H2,1-4H3,(H,25,30). The molecule has 0 atom stereocenters. The number of carbonyl (C=O) groups is 2. The van der Waals surface area contributed by atoms with Gasteiger partial charge in [-0.3, -0.25) is 9.59 Å². The lowest BCUT2D eigenvalue weighted by Gasteiger charge is -2.18. The molecule has 7 nitrogen and oxygen atoms in total. The van der Waals surface area contributed by atoms with Crippen LogP contribution in [0.5, 0.6) is 0 Å². The quantitative estimate of drug-likeness (QED) is 0.485. The molecule has 1 aromatic heterocycles. The van der Waals surface area contributed by atoms with Gasteiger partial charge < -0.3 is 14.8 Å². The zero-order valence-electron chi connectivity index (χ0n) is 19.0. The van der Waals surface area contributed by atoms with E-state index in [0.717, 1.165) is 17.0 Å². The molecule has 2 aromatic carbocycles. The van der Waals surface area contributed by atoms with Crippen LogP contribution in [0.3, 0.4) is 0 Å². The van der Waals surface area contributed by atoms with E-state index in [2.05, 4.69) is 15.5 Å². The van der Waals surface area contributed by atoms with Gasteiger partial charge in [-0.25, -0.2) is 0 Å². The summed E-state index contributed by atoms with van der Waals surface area (Å²) in [6.07, 6.45) is 0. The van der Waals surface area contributed by atoms with Gasteiger partial charge in [-0.1, -0.05) is 36.0 Å². The lowest BCUT2D eigenvalue weighted by Crippen LogP contribution is -2.30. The first-order chi connectivity index (χ1) is 15.5. The zero-order valence-corrected chi connectivity index (χ0v) is 19.8. The van der Waals surface area contributed by atoms with Crippen molar-refractivity contribution in [3.8, 4) is 11.4 Å². The molecule has 3 rings (SSSR count). The maximum atomic E-state index is 12.5. The van der Waals surface area contributed by atoms with E-state index >= 15 is 0 Å². The van der Waals surface area contributed by atoms with Crippen LogP contribution < -0.4 is 5.32 Å². The molecule has 0 aliphatic carbocycles. The molecule has 0 aliphatic heterocycles. The minimum absolute atomic E-state index is 0.00760. The highest BCUT2D eigenvalue weighted by Gasteiger charge is 2.16. The molecular formula is C24H29N5O2S. The Hall–Kier alpha value is -3.13. The zero-order chi connectivity index (χ0) is 23.1. The summed E-state index contributed by atoms with van der Waals surface area (Å²) in [5.74, 6) is 0.876. The van der Waals surface area contributed by atoms with Gasteiger partial charge in [0.1, 0.15) is 0 Å². The van der Waals surface area contributed by atoms with Crippen LogP contribution in [0.1, 0.15) is 36.7 Å². The van der Waals surface area contributed by atoms with Gasteiger partial charge in [0.05, 0.1) is 5.75 Å². The van der Waals surface area contributed by atoms with Crippen LogP contribution >= 0.6 is 11.8 Å². The van der Waals surface area contributed by atoms with Crippen molar-refractivity contribution in [1.29, 1.82) is 0 Å². The summed E-state index contributed by atoms with van der Waals surface area (Å²) in [6, 6.07) is 15.0. The highest BCUT2D eigenvalue weighted by molar-refractivity contribution is 7.99. The van der Waals surface area contributed by atoms with E-state index < -0.39 is 0 Å². The van der Waals surface area contributed by atoms with Crippen LogP contribution in [0.4, 0.5) is 5.69 Å². The average Bonchev–Trinajstić information content (AvgIpc) is 3.22. The van der Waals surface area contributed by atoms with Gasteiger partial charge in [0.15, 0.2) is 11.0 Å². The second-order valence-electron chi connectivity index (χ2n) is 7.26. The summed E-state index contributed by atoms with van der Waals surface area (Å²) in [5, 5.41) is 12.2. The fourth-order valence-electron chi connectivity index (χ4n) is 3.42. The number of amides is 2. The number of nitrogens with one attached hydrogen (secondary N) is 1. The molecule has 168 valence electrons. The van der Waals surface area contributed by atoms with Crippen molar-refractivity contribution in [2.75, 3.05) is 24.2 Å². The molecule has 8 heteroatoms. The lowest BCUT2D eigenvalue weighted by molar-refractivity contribution is -0.113. The third-order valence-corrected chi connectivity index (χ3v) is 6.18. The van der Waals surface area contributed by atoms with E-state index in [1.165, 1.54) is 11.8 Å². The topological polar surface area (TPSA) is 80.1 Å². The largest absolute Gasteiger partial charge is 0.339 e. The maximum Gasteiger partial charge on any atom is 0.253 e. The van der Waals surface area contributed by atoms with Gasteiger partial charge >= 0.3 is 0 Å². The van der Waals surface area contributed by atoms with E-state index in [1.807, 2.05) is 56.5 Å². The number of nitrogens with zero attached hydrogens (tertiary/aromatic N) is 4. The summed E-state index contributed by atoms with van der Waals surface area (Å²) < 4.78 is 2.02. The van der Waals surface area contributed by atoms with Gasteiger partial charge in [0.2, 0.25) is 5.91 Å². The van der Waals surface area contributed by atoms with Crippen molar-refractivity contribution >= 4 is 29.3 Å². The van der Waals surface area contributed by atoms with E-state index in [9.17, 15) is 9.59 Å². The fraction of sp³-hybridized carbons (Fsp3) is 0.333. The van der Waals surface area contributed by atoms with E-state index in [-0.39, 0.29) is 17.6 Å². The fourth-order valence-corrected chi connectivity index (χ4v) is 4.22. The second-order valence-corrected chi connectivity index (χ2v) is 8.20. The first kappa shape index (κ1) is 23.5. The first-order valence-electron chi connectivity index (χ1n) is 10.8. The predicted octanol–water partition coefficient (Wildman–Crippen LogP) is 4.49. The maximum absolute atomic E-state index is 12.5. The molecule has 3 aromatic rings. The summed E-state index contributed by atoms with van der Waals surface area (Å²) in [5.41, 5.74) is 3.44. The van der Waals surface area contributed by atoms with Crippen molar-refractivity contribution in [3.05, 3.63) is 59.7 Å². The number of hydrogen-bond donors (Lipinski definition) is 1. The molecule has 0 unspecified atom stereocenters. The van der Waals surface area contributed by atoms with Crippen molar-refractivity contribution in [3.63, 3.8) is 0 Å². The molecule has 1 N–H and O–H groups in total. The Labute approximate surface area is 193 Å². The van der Waals surface area contributed by atoms with Crippen LogP contribution in [-0.2, 0) is 11.3 Å². The molecule has 0 spiro atoms. The molecular weight excluding hydrogens is 422 g/mol. The third-order valence-electron chi connectivity index (χ3n) is 5.22. The third kappa shape index (κ3) is 5.37. The number of aromatic nitrogens is 3. The Morgan fingerprint density at radius 3 is 2.31 bits per heavy atom. The van der Waals surface area contributed by atoms with Crippen molar-refractivity contribution in [1.82, 2.24) is 19.7 Å². The van der Waals surface area contributed by atoms with Crippen LogP contribution in [0.25, 0.3) is 11.4 Å². The Kier molecular flexibility index (Phi) is 8.05. The number of benzene rings is 2. The number of carbonyl (C=O) groups excluding carboxylic acids is 2. The SMILES string of the molecule is CCN(CC)C(=O)c1ccc(NC(=O)CSc2nnc(-c3ccccc3C)n2CC)cc1. The number of aryl methyl sites for hydroxylation is 1. The van der Waals surface area contributed by atoms with Gasteiger partial charge in [0, 0.05) is 36.4 Å². The number of thioether (sulfide) groups is 1. The van der Waals surface area contributed by atoms with Crippen molar-refractivity contribution in [2.24, 2.45) is 0 Å². The minimum atomic E-state index is -0.138. The Bertz CT molecular complexity index is 1070. The Morgan fingerprint density at radius 1 is 1.00 bits per heavy atom. The van der Waals surface area contributed by atoms with Gasteiger partial charge in [-0.15, -0.1) is 10.2 Å². The normalized spacial score (nSPS) is 10.8. The molecule has 0 fully saturated rings. The first-order valence-corrected chi connectivity index (χ1v) is 11.8. The van der Waals surface area contributed by atoms with Crippen LogP contribution in [-0.4, -0.2) is 50.3 Å². The lowest BCUT2D eigenvalue weighted by atomic mass is 10.1. The van der Waals surface area contributed by atoms with Crippen molar-refractivity contribution in [2.45, 2.75) is 39.4 Å². The summed E-state index contributed by atoms with van der Waals surface area (Å²) in [7, 11) is 0. The summed E-state index contributed by atoms with van der Waals surface area (Å²) in [4.78, 5) is 26.6. The molecule has 0 saturated heterocycles. The van der Waals surface area contributed by atoms with Crippen molar-refractivity contribution < 1.29 is 9.59 Å². The van der Waals surface area contributed by atoms with Crippen LogP contribution in [0.15, 0.2) is 53.7 Å². The molecule has 0 radical (unpaired) electrons. The minimum Gasteiger partial charge on any atom is -0.339 e. The monoisotopic (exact) mass is 451 g/mol. The highest BCUT2D eigenvalue weighted by Crippen LogP contribution is 2.26.